The van der Waals surface area contributed by atoms with Gasteiger partial charge in [0.2, 0.25) is 0 Å². The third-order valence-corrected chi connectivity index (χ3v) is 5.24. The molecule has 0 aromatic heterocycles. The first kappa shape index (κ1) is 25.4. The number of phosphoric ester groups is 1. The molecule has 0 saturated carbocycles. The van der Waals surface area contributed by atoms with E-state index in [-0.39, 0.29) is 11.3 Å². The fraction of sp³-hybridized carbons (Fsp3) is 0.250. The number of benzene rings is 2. The van der Waals surface area contributed by atoms with Crippen LogP contribution in [0.15, 0.2) is 24.3 Å². The summed E-state index contributed by atoms with van der Waals surface area (Å²) in [7, 11) is -5.04. The topological polar surface area (TPSA) is 228 Å². The van der Waals surface area contributed by atoms with Crippen LogP contribution in [-0.4, -0.2) is 24.6 Å². The highest BCUT2D eigenvalue weighted by atomic mass is 31.2. The van der Waals surface area contributed by atoms with Gasteiger partial charge in [-0.1, -0.05) is 6.07 Å². The normalized spacial score (nSPS) is 12.7. The van der Waals surface area contributed by atoms with Crippen molar-refractivity contribution in [3.8, 4) is 0 Å². The summed E-state index contributed by atoms with van der Waals surface area (Å²) in [5.41, 5.74) is -3.40. The number of hydrogen-bond acceptors (Lipinski definition) is 11. The van der Waals surface area contributed by atoms with Gasteiger partial charge in [-0.2, -0.15) is 0 Å². The number of hydrogen-bond donors (Lipinski definition) is 1. The van der Waals surface area contributed by atoms with Crippen LogP contribution in [0.1, 0.15) is 22.3 Å². The Hall–Kier alpha value is -3.85. The van der Waals surface area contributed by atoms with Crippen molar-refractivity contribution in [1.29, 1.82) is 0 Å². The van der Waals surface area contributed by atoms with Crippen LogP contribution in [0.3, 0.4) is 0 Å². The Morgan fingerprint density at radius 3 is 1.61 bits per heavy atom. The standard InChI is InChI=1S/C16H15N4O12P/c1-9-3-10(2)12(14(4-9)18(23)24)7-31-33(29,30)32-8-13-15(19(25)26)5-11(17(21)22)6-16(13)20(27)28/h3-6H,7-8H2,1-2H3,(H,29,30). The van der Waals surface area contributed by atoms with Gasteiger partial charge in [0.05, 0.1) is 50.6 Å². The van der Waals surface area contributed by atoms with E-state index in [2.05, 4.69) is 4.52 Å². The van der Waals surface area contributed by atoms with Gasteiger partial charge < -0.3 is 4.89 Å². The number of aryl methyl sites for hydroxylation is 2. The molecule has 176 valence electrons. The van der Waals surface area contributed by atoms with E-state index in [9.17, 15) is 49.9 Å². The van der Waals surface area contributed by atoms with Crippen molar-refractivity contribution >= 4 is 30.6 Å². The molecule has 0 bridgehead atoms. The van der Waals surface area contributed by atoms with Gasteiger partial charge in [0, 0.05) is 6.07 Å². The van der Waals surface area contributed by atoms with Crippen LogP contribution in [-0.2, 0) is 26.8 Å². The third-order valence-electron chi connectivity index (χ3n) is 4.33. The molecule has 0 saturated heterocycles. The number of non-ortho nitro benzene ring substituents is 1. The lowest BCUT2D eigenvalue weighted by atomic mass is 10.0. The van der Waals surface area contributed by atoms with Crippen LogP contribution in [0.5, 0.6) is 0 Å². The SMILES string of the molecule is Cc1cc(C)c(COP(=O)(O)OCc2c([N+](=O)[O-])cc([N+](=O)[O-])cc2[N+](=O)[O-])c([N+](=O)[O-])c1. The van der Waals surface area contributed by atoms with Crippen molar-refractivity contribution in [2.45, 2.75) is 27.1 Å². The van der Waals surface area contributed by atoms with Crippen molar-refractivity contribution in [2.24, 2.45) is 0 Å². The molecule has 1 N–H and O–H groups in total. The maximum absolute atomic E-state index is 12.3. The summed E-state index contributed by atoms with van der Waals surface area (Å²) < 4.78 is 21.6. The molecule has 0 aliphatic carbocycles. The van der Waals surface area contributed by atoms with E-state index in [4.69, 9.17) is 4.52 Å². The Morgan fingerprint density at radius 2 is 1.18 bits per heavy atom. The molecule has 2 aromatic rings. The molecule has 0 spiro atoms. The monoisotopic (exact) mass is 486 g/mol. The lowest BCUT2D eigenvalue weighted by molar-refractivity contribution is -0.404. The Kier molecular flexibility index (Phi) is 7.50. The van der Waals surface area contributed by atoms with E-state index in [0.717, 1.165) is 0 Å². The Labute approximate surface area is 183 Å². The first-order chi connectivity index (χ1) is 15.2. The zero-order chi connectivity index (χ0) is 25.1. The van der Waals surface area contributed by atoms with Crippen molar-refractivity contribution < 1.29 is 38.2 Å². The minimum Gasteiger partial charge on any atom is -0.302 e. The van der Waals surface area contributed by atoms with Gasteiger partial charge in [0.15, 0.2) is 0 Å². The molecule has 16 nitrogen and oxygen atoms in total. The Balaban J connectivity index is 2.32. The van der Waals surface area contributed by atoms with Crippen molar-refractivity contribution in [1.82, 2.24) is 0 Å². The molecule has 1 unspecified atom stereocenters. The van der Waals surface area contributed by atoms with Gasteiger partial charge >= 0.3 is 7.82 Å². The summed E-state index contributed by atoms with van der Waals surface area (Å²) in [5, 5.41) is 44.7. The van der Waals surface area contributed by atoms with Crippen molar-refractivity contribution in [3.05, 3.63) is 87.0 Å². The molecule has 2 rings (SSSR count). The van der Waals surface area contributed by atoms with Crippen LogP contribution in [0, 0.1) is 54.3 Å². The molecule has 17 heteroatoms. The highest BCUT2D eigenvalue weighted by Crippen LogP contribution is 2.47. The number of nitro benzene ring substituents is 4. The molecule has 0 aliphatic heterocycles. The predicted octanol–water partition coefficient (Wildman–Crippen LogP) is 3.77. The highest BCUT2D eigenvalue weighted by Gasteiger charge is 2.33. The second-order valence-electron chi connectivity index (χ2n) is 6.59. The van der Waals surface area contributed by atoms with Crippen LogP contribution in [0.2, 0.25) is 0 Å². The lowest BCUT2D eigenvalue weighted by Gasteiger charge is -2.14. The van der Waals surface area contributed by atoms with Crippen molar-refractivity contribution in [2.75, 3.05) is 0 Å². The molecule has 0 radical (unpaired) electrons. The van der Waals surface area contributed by atoms with Crippen LogP contribution in [0.4, 0.5) is 22.7 Å². The van der Waals surface area contributed by atoms with E-state index in [1.807, 2.05) is 0 Å². The molecule has 2 aromatic carbocycles. The fourth-order valence-corrected chi connectivity index (χ4v) is 3.52. The lowest BCUT2D eigenvalue weighted by Crippen LogP contribution is -2.06. The van der Waals surface area contributed by atoms with E-state index < -0.39 is 63.4 Å². The summed E-state index contributed by atoms with van der Waals surface area (Å²) in [5.74, 6) is 0. The Bertz CT molecular complexity index is 1180. The first-order valence-electron chi connectivity index (χ1n) is 8.70. The zero-order valence-corrected chi connectivity index (χ0v) is 17.8. The second-order valence-corrected chi connectivity index (χ2v) is 8.04. The van der Waals surface area contributed by atoms with E-state index in [1.165, 1.54) is 13.0 Å². The summed E-state index contributed by atoms with van der Waals surface area (Å²) in [6, 6.07) is 3.67. The van der Waals surface area contributed by atoms with Gasteiger partial charge in [-0.05, 0) is 25.0 Å². The highest BCUT2D eigenvalue weighted by molar-refractivity contribution is 7.47. The fourth-order valence-electron chi connectivity index (χ4n) is 2.86. The largest absolute Gasteiger partial charge is 0.472 e. The summed E-state index contributed by atoms with van der Waals surface area (Å²) in [6.45, 7) is 1.17. The van der Waals surface area contributed by atoms with Gasteiger partial charge in [0.1, 0.15) is 5.56 Å². The minimum absolute atomic E-state index is 0.0317. The molecule has 0 amide bonds. The number of nitrogens with zero attached hydrogens (tertiary/aromatic N) is 4. The second kappa shape index (κ2) is 9.74. The maximum Gasteiger partial charge on any atom is 0.472 e. The van der Waals surface area contributed by atoms with Crippen LogP contribution >= 0.6 is 7.82 Å². The quantitative estimate of drug-likeness (QED) is 0.287. The van der Waals surface area contributed by atoms with E-state index in [1.54, 1.807) is 13.0 Å². The number of nitro groups is 4. The van der Waals surface area contributed by atoms with Crippen molar-refractivity contribution in [3.63, 3.8) is 0 Å². The maximum atomic E-state index is 12.3. The Morgan fingerprint density at radius 1 is 0.758 bits per heavy atom. The molecule has 1 atom stereocenters. The molecule has 0 heterocycles. The summed E-state index contributed by atoms with van der Waals surface area (Å²) in [4.78, 5) is 50.5. The minimum atomic E-state index is -5.04. The smallest absolute Gasteiger partial charge is 0.302 e. The zero-order valence-electron chi connectivity index (χ0n) is 16.9. The number of rotatable bonds is 10. The van der Waals surface area contributed by atoms with E-state index in [0.29, 0.717) is 23.3 Å². The predicted molar refractivity (Wildman–Crippen MR) is 108 cm³/mol. The summed E-state index contributed by atoms with van der Waals surface area (Å²) in [6.07, 6.45) is 0. The van der Waals surface area contributed by atoms with Gasteiger partial charge in [-0.25, -0.2) is 4.57 Å². The van der Waals surface area contributed by atoms with Crippen LogP contribution < -0.4 is 0 Å². The third kappa shape index (κ3) is 6.11. The average Bonchev–Trinajstić information content (AvgIpc) is 2.70. The molecule has 0 aliphatic rings. The van der Waals surface area contributed by atoms with Gasteiger partial charge in [-0.3, -0.25) is 49.5 Å². The summed E-state index contributed by atoms with van der Waals surface area (Å²) >= 11 is 0. The van der Waals surface area contributed by atoms with E-state index >= 15 is 0 Å². The molecule has 33 heavy (non-hydrogen) atoms. The molecule has 0 fully saturated rings. The van der Waals surface area contributed by atoms with Gasteiger partial charge in [-0.15, -0.1) is 0 Å². The molecular weight excluding hydrogens is 471 g/mol. The number of phosphoric acid groups is 1. The van der Waals surface area contributed by atoms with Gasteiger partial charge in [0.25, 0.3) is 22.7 Å². The molecular formula is C16H15N4O12P. The van der Waals surface area contributed by atoms with Crippen LogP contribution in [0.25, 0.3) is 0 Å². The average molecular weight is 486 g/mol. The first-order valence-corrected chi connectivity index (χ1v) is 10.2.